The summed E-state index contributed by atoms with van der Waals surface area (Å²) in [5.74, 6) is 2.91. The fourth-order valence-electron chi connectivity index (χ4n) is 6.31. The molecule has 41 heavy (non-hydrogen) atoms. The summed E-state index contributed by atoms with van der Waals surface area (Å²) in [7, 11) is 1.75. The molecule has 0 amide bonds. The van der Waals surface area contributed by atoms with E-state index >= 15 is 0 Å². The number of benzene rings is 2. The Hall–Kier alpha value is -3.91. The second-order valence-corrected chi connectivity index (χ2v) is 11.1. The second kappa shape index (κ2) is 12.3. The zero-order valence-electron chi connectivity index (χ0n) is 24.3. The van der Waals surface area contributed by atoms with Gasteiger partial charge in [-0.1, -0.05) is 43.3 Å². The summed E-state index contributed by atoms with van der Waals surface area (Å²) in [5, 5.41) is 12.9. The molecule has 1 aliphatic carbocycles. The molecule has 2 N–H and O–H groups in total. The molecule has 0 saturated carbocycles. The Balaban J connectivity index is 1.17. The van der Waals surface area contributed by atoms with Crippen LogP contribution in [0, 0.1) is 0 Å². The van der Waals surface area contributed by atoms with E-state index in [0.717, 1.165) is 86.8 Å². The highest BCUT2D eigenvalue weighted by Gasteiger charge is 2.27. The Morgan fingerprint density at radius 2 is 1.85 bits per heavy atom. The fraction of sp³-hybridized carbons (Fsp3) is 0.424. The van der Waals surface area contributed by atoms with Crippen LogP contribution in [0.15, 0.2) is 61.3 Å². The summed E-state index contributed by atoms with van der Waals surface area (Å²) in [5.41, 5.74) is 6.59. The van der Waals surface area contributed by atoms with Gasteiger partial charge in [-0.3, -0.25) is 0 Å². The van der Waals surface area contributed by atoms with Gasteiger partial charge in [0, 0.05) is 38.1 Å². The van der Waals surface area contributed by atoms with Crippen molar-refractivity contribution in [2.45, 2.75) is 57.5 Å². The lowest BCUT2D eigenvalue weighted by molar-refractivity contribution is 0.406. The number of fused-ring (bicyclic) bond motifs is 3. The van der Waals surface area contributed by atoms with Gasteiger partial charge in [-0.15, -0.1) is 6.58 Å². The molecule has 1 saturated heterocycles. The van der Waals surface area contributed by atoms with Crippen molar-refractivity contribution in [1.29, 1.82) is 0 Å². The predicted molar refractivity (Wildman–Crippen MR) is 166 cm³/mol. The first-order valence-electron chi connectivity index (χ1n) is 15.0. The molecule has 3 heterocycles. The van der Waals surface area contributed by atoms with E-state index in [-0.39, 0.29) is 0 Å². The maximum Gasteiger partial charge on any atom is 0.229 e. The lowest BCUT2D eigenvalue weighted by atomic mass is 9.87. The molecule has 2 aromatic heterocycles. The number of nitrogens with one attached hydrogen (secondary N) is 2. The van der Waals surface area contributed by atoms with Gasteiger partial charge in [0.05, 0.1) is 25.2 Å². The van der Waals surface area contributed by atoms with E-state index in [1.54, 1.807) is 7.11 Å². The number of anilines is 2. The third kappa shape index (κ3) is 5.66. The summed E-state index contributed by atoms with van der Waals surface area (Å²) in [6.07, 6.45) is 8.95. The first-order valence-corrected chi connectivity index (χ1v) is 15.0. The Bertz CT molecular complexity index is 1500. The van der Waals surface area contributed by atoms with Crippen molar-refractivity contribution >= 4 is 22.8 Å². The van der Waals surface area contributed by atoms with Crippen molar-refractivity contribution in [2.75, 3.05) is 43.5 Å². The van der Waals surface area contributed by atoms with Gasteiger partial charge in [-0.25, -0.2) is 4.68 Å². The molecule has 8 nitrogen and oxygen atoms in total. The van der Waals surface area contributed by atoms with E-state index < -0.39 is 0 Å². The number of aromatic nitrogens is 4. The number of rotatable bonds is 10. The molecule has 4 aromatic rings. The van der Waals surface area contributed by atoms with Crippen molar-refractivity contribution in [3.05, 3.63) is 83.6 Å². The van der Waals surface area contributed by atoms with Crippen LogP contribution in [-0.4, -0.2) is 59.1 Å². The Morgan fingerprint density at radius 1 is 1.05 bits per heavy atom. The van der Waals surface area contributed by atoms with E-state index in [2.05, 4.69) is 76.6 Å². The van der Waals surface area contributed by atoms with Gasteiger partial charge < -0.3 is 20.3 Å². The van der Waals surface area contributed by atoms with Gasteiger partial charge in [0.2, 0.25) is 5.95 Å². The van der Waals surface area contributed by atoms with Gasteiger partial charge in [0.15, 0.2) is 5.65 Å². The number of nitrogens with zero attached hydrogens (tertiary/aromatic N) is 5. The van der Waals surface area contributed by atoms with Crippen LogP contribution < -0.4 is 20.3 Å². The number of methoxy groups -OCH3 is 1. The topological polar surface area (TPSA) is 80.1 Å². The fourth-order valence-corrected chi connectivity index (χ4v) is 6.31. The van der Waals surface area contributed by atoms with E-state index in [0.29, 0.717) is 18.5 Å². The average molecular weight is 552 g/mol. The van der Waals surface area contributed by atoms with E-state index in [1.807, 2.05) is 17.0 Å². The molecule has 1 atom stereocenters. The van der Waals surface area contributed by atoms with Crippen molar-refractivity contribution in [1.82, 2.24) is 25.1 Å². The van der Waals surface area contributed by atoms with Crippen molar-refractivity contribution in [3.63, 3.8) is 0 Å². The number of allylic oxidation sites excluding steroid dienone is 1. The molecule has 214 valence electrons. The molecule has 1 aliphatic heterocycles. The second-order valence-electron chi connectivity index (χ2n) is 11.1. The van der Waals surface area contributed by atoms with Gasteiger partial charge in [0.25, 0.3) is 0 Å². The van der Waals surface area contributed by atoms with Crippen LogP contribution >= 0.6 is 0 Å². The summed E-state index contributed by atoms with van der Waals surface area (Å²) in [4.78, 5) is 12.2. The molecule has 2 aliphatic rings. The molecular weight excluding hydrogens is 510 g/mol. The van der Waals surface area contributed by atoms with Gasteiger partial charge in [0.1, 0.15) is 11.6 Å². The summed E-state index contributed by atoms with van der Waals surface area (Å²) < 4.78 is 7.46. The molecule has 6 rings (SSSR count). The molecule has 1 unspecified atom stereocenters. The van der Waals surface area contributed by atoms with Gasteiger partial charge in [-0.05, 0) is 66.5 Å². The normalized spacial score (nSPS) is 17.1. The molecule has 0 radical (unpaired) electrons. The van der Waals surface area contributed by atoms with Crippen molar-refractivity contribution in [3.8, 4) is 5.75 Å². The van der Waals surface area contributed by atoms with E-state index in [1.165, 1.54) is 22.3 Å². The minimum Gasteiger partial charge on any atom is -0.497 e. The van der Waals surface area contributed by atoms with E-state index in [9.17, 15) is 0 Å². The maximum absolute atomic E-state index is 5.56. The zero-order valence-corrected chi connectivity index (χ0v) is 24.3. The number of aryl methyl sites for hydroxylation is 2. The highest BCUT2D eigenvalue weighted by Crippen LogP contribution is 2.36. The Labute approximate surface area is 242 Å². The van der Waals surface area contributed by atoms with Crippen LogP contribution in [-0.2, 0) is 19.4 Å². The number of hydrogen-bond acceptors (Lipinski definition) is 7. The zero-order chi connectivity index (χ0) is 28.2. The lowest BCUT2D eigenvalue weighted by Crippen LogP contribution is -2.44. The van der Waals surface area contributed by atoms with Crippen molar-refractivity contribution in [2.24, 2.45) is 0 Å². The molecule has 1 fully saturated rings. The van der Waals surface area contributed by atoms with Crippen LogP contribution in [0.2, 0.25) is 0 Å². The lowest BCUT2D eigenvalue weighted by Gasteiger charge is -2.34. The monoisotopic (exact) mass is 551 g/mol. The molecule has 0 spiro atoms. The number of piperidine rings is 1. The molecular formula is C33H41N7O. The number of hydrogen-bond donors (Lipinski definition) is 2. The number of ether oxygens (including phenoxy) is 1. The highest BCUT2D eigenvalue weighted by molar-refractivity contribution is 5.87. The van der Waals surface area contributed by atoms with Crippen LogP contribution in [0.3, 0.4) is 0 Å². The van der Waals surface area contributed by atoms with Crippen LogP contribution in [0.1, 0.15) is 54.4 Å². The summed E-state index contributed by atoms with van der Waals surface area (Å²) in [6.45, 7) is 10.3. The molecule has 0 bridgehead atoms. The smallest absolute Gasteiger partial charge is 0.229 e. The molecule has 2 aromatic carbocycles. The van der Waals surface area contributed by atoms with E-state index in [4.69, 9.17) is 14.7 Å². The molecule has 8 heteroatoms. The third-order valence-corrected chi connectivity index (χ3v) is 8.54. The van der Waals surface area contributed by atoms with Crippen LogP contribution in [0.4, 0.5) is 11.8 Å². The summed E-state index contributed by atoms with van der Waals surface area (Å²) >= 11 is 0. The van der Waals surface area contributed by atoms with Crippen LogP contribution in [0.25, 0.3) is 11.0 Å². The van der Waals surface area contributed by atoms with Crippen molar-refractivity contribution < 1.29 is 4.74 Å². The first-order chi connectivity index (χ1) is 20.2. The largest absolute Gasteiger partial charge is 0.497 e. The SMILES string of the molecule is C=CCn1ncc2c(NCCC)nc(N3CCC(NCC4c5ccccc5CCc5cc(OC)ccc54)CC3)nc21. The Kier molecular flexibility index (Phi) is 8.19. The quantitative estimate of drug-likeness (QED) is 0.258. The third-order valence-electron chi connectivity index (χ3n) is 8.54. The summed E-state index contributed by atoms with van der Waals surface area (Å²) in [6, 6.07) is 16.0. The van der Waals surface area contributed by atoms with Gasteiger partial charge in [-0.2, -0.15) is 15.1 Å². The van der Waals surface area contributed by atoms with Gasteiger partial charge >= 0.3 is 0 Å². The Morgan fingerprint density at radius 3 is 2.66 bits per heavy atom. The average Bonchev–Trinajstić information content (AvgIpc) is 3.35. The minimum atomic E-state index is 0.329. The van der Waals surface area contributed by atoms with Crippen LogP contribution in [0.5, 0.6) is 5.75 Å². The standard InChI is InChI=1S/C33H41N7O/c1-4-16-34-31-30-22-36-40(17-5-2)32(30)38-33(37-31)39-18-14-25(15-19-39)35-21-29-27-9-7-6-8-23(27)10-11-24-20-26(41-3)12-13-28(24)29/h5-9,12-13,20,22,25,29,35H,2,4,10-11,14-19,21H2,1,3H3,(H,34,37,38). The predicted octanol–water partition coefficient (Wildman–Crippen LogP) is 5.33. The minimum absolute atomic E-state index is 0.329. The highest BCUT2D eigenvalue weighted by atomic mass is 16.5. The first kappa shape index (κ1) is 27.3. The maximum atomic E-state index is 5.56.